The van der Waals surface area contributed by atoms with E-state index in [1.807, 2.05) is 0 Å². The SMILES string of the molecule is CC(O)C(=O)N1CCOCC1CN(C)C(=O)Cc1c(F)cccc1F. The molecule has 2 rings (SSSR count). The number of aliphatic hydroxyl groups is 1. The summed E-state index contributed by atoms with van der Waals surface area (Å²) in [5.41, 5.74) is -0.281. The molecular weight excluding hydrogens is 334 g/mol. The van der Waals surface area contributed by atoms with E-state index in [1.54, 1.807) is 0 Å². The summed E-state index contributed by atoms with van der Waals surface area (Å²) in [6, 6.07) is 3.02. The van der Waals surface area contributed by atoms with E-state index in [0.717, 1.165) is 12.1 Å². The first-order valence-corrected chi connectivity index (χ1v) is 8.04. The zero-order valence-electron chi connectivity index (χ0n) is 14.2. The van der Waals surface area contributed by atoms with E-state index in [0.29, 0.717) is 13.2 Å². The Morgan fingerprint density at radius 1 is 1.40 bits per heavy atom. The number of aliphatic hydroxyl groups excluding tert-OH is 1. The lowest BCUT2D eigenvalue weighted by Crippen LogP contribution is -2.56. The Labute approximate surface area is 145 Å². The second-order valence-corrected chi connectivity index (χ2v) is 6.09. The molecule has 0 aliphatic carbocycles. The fourth-order valence-electron chi connectivity index (χ4n) is 2.74. The van der Waals surface area contributed by atoms with Crippen molar-refractivity contribution in [2.75, 3.05) is 33.4 Å². The van der Waals surface area contributed by atoms with Crippen LogP contribution in [0.2, 0.25) is 0 Å². The third kappa shape index (κ3) is 4.73. The second-order valence-electron chi connectivity index (χ2n) is 6.09. The van der Waals surface area contributed by atoms with Crippen molar-refractivity contribution in [1.82, 2.24) is 9.80 Å². The van der Waals surface area contributed by atoms with Gasteiger partial charge in [0.05, 0.1) is 25.7 Å². The van der Waals surface area contributed by atoms with Gasteiger partial charge in [-0.1, -0.05) is 6.07 Å². The van der Waals surface area contributed by atoms with Gasteiger partial charge in [0, 0.05) is 25.7 Å². The Bertz CT molecular complexity index is 619. The molecule has 1 aliphatic rings. The Morgan fingerprint density at radius 3 is 2.64 bits per heavy atom. The van der Waals surface area contributed by atoms with Crippen LogP contribution >= 0.6 is 0 Å². The molecule has 0 saturated carbocycles. The normalized spacial score (nSPS) is 18.8. The van der Waals surface area contributed by atoms with Gasteiger partial charge >= 0.3 is 0 Å². The van der Waals surface area contributed by atoms with Crippen LogP contribution in [-0.4, -0.2) is 72.2 Å². The van der Waals surface area contributed by atoms with E-state index in [4.69, 9.17) is 4.74 Å². The summed E-state index contributed by atoms with van der Waals surface area (Å²) in [4.78, 5) is 27.1. The Balaban J connectivity index is 2.03. The number of ether oxygens (including phenoxy) is 1. The van der Waals surface area contributed by atoms with Crippen molar-refractivity contribution < 1.29 is 28.2 Å². The van der Waals surface area contributed by atoms with E-state index >= 15 is 0 Å². The predicted molar refractivity (Wildman–Crippen MR) is 85.7 cm³/mol. The zero-order chi connectivity index (χ0) is 18.6. The van der Waals surface area contributed by atoms with Gasteiger partial charge in [-0.05, 0) is 19.1 Å². The van der Waals surface area contributed by atoms with Crippen molar-refractivity contribution in [3.05, 3.63) is 35.4 Å². The van der Waals surface area contributed by atoms with Gasteiger partial charge < -0.3 is 19.6 Å². The van der Waals surface area contributed by atoms with Crippen molar-refractivity contribution in [2.24, 2.45) is 0 Å². The number of amides is 2. The lowest BCUT2D eigenvalue weighted by Gasteiger charge is -2.38. The van der Waals surface area contributed by atoms with Crippen LogP contribution in [0, 0.1) is 11.6 Å². The molecule has 2 unspecified atom stereocenters. The molecule has 0 radical (unpaired) electrons. The summed E-state index contributed by atoms with van der Waals surface area (Å²) >= 11 is 0. The molecule has 2 amide bonds. The number of nitrogens with zero attached hydrogens (tertiary/aromatic N) is 2. The molecule has 0 spiro atoms. The average molecular weight is 356 g/mol. The number of morpholine rings is 1. The molecule has 6 nitrogen and oxygen atoms in total. The molecule has 8 heteroatoms. The predicted octanol–water partition coefficient (Wildman–Crippen LogP) is 0.574. The Kier molecular flexibility index (Phi) is 6.44. The number of benzene rings is 1. The summed E-state index contributed by atoms with van der Waals surface area (Å²) in [7, 11) is 1.50. The van der Waals surface area contributed by atoms with Gasteiger partial charge in [0.15, 0.2) is 0 Å². The summed E-state index contributed by atoms with van der Waals surface area (Å²) in [6.45, 7) is 2.42. The fourth-order valence-corrected chi connectivity index (χ4v) is 2.74. The lowest BCUT2D eigenvalue weighted by molar-refractivity contribution is -0.150. The smallest absolute Gasteiger partial charge is 0.251 e. The van der Waals surface area contributed by atoms with Crippen LogP contribution in [0.1, 0.15) is 12.5 Å². The van der Waals surface area contributed by atoms with Crippen molar-refractivity contribution in [2.45, 2.75) is 25.5 Å². The molecule has 1 N–H and O–H groups in total. The van der Waals surface area contributed by atoms with Gasteiger partial charge in [0.25, 0.3) is 5.91 Å². The fraction of sp³-hybridized carbons (Fsp3) is 0.529. The highest BCUT2D eigenvalue weighted by atomic mass is 19.1. The van der Waals surface area contributed by atoms with E-state index < -0.39 is 42.0 Å². The van der Waals surface area contributed by atoms with E-state index in [1.165, 1.54) is 29.8 Å². The highest BCUT2D eigenvalue weighted by Gasteiger charge is 2.31. The number of carbonyl (C=O) groups excluding carboxylic acids is 2. The number of halogens is 2. The van der Waals surface area contributed by atoms with Crippen molar-refractivity contribution >= 4 is 11.8 Å². The maximum atomic E-state index is 13.7. The molecule has 2 atom stereocenters. The van der Waals surface area contributed by atoms with Crippen molar-refractivity contribution in [1.29, 1.82) is 0 Å². The van der Waals surface area contributed by atoms with Crippen LogP contribution < -0.4 is 0 Å². The lowest BCUT2D eigenvalue weighted by atomic mass is 10.1. The molecule has 0 aromatic heterocycles. The minimum Gasteiger partial charge on any atom is -0.384 e. The number of carbonyl (C=O) groups is 2. The van der Waals surface area contributed by atoms with Gasteiger partial charge in [-0.25, -0.2) is 8.78 Å². The largest absolute Gasteiger partial charge is 0.384 e. The standard InChI is InChI=1S/C17H22F2N2O4/c1-11(22)17(24)21-6-7-25-10-12(21)9-20(2)16(23)8-13-14(18)4-3-5-15(13)19/h3-5,11-12,22H,6-10H2,1-2H3. The molecule has 1 heterocycles. The summed E-state index contributed by atoms with van der Waals surface area (Å²) in [6.07, 6.45) is -1.55. The molecule has 1 fully saturated rings. The number of hydrogen-bond donors (Lipinski definition) is 1. The first-order valence-electron chi connectivity index (χ1n) is 8.04. The van der Waals surface area contributed by atoms with Crippen LogP contribution in [-0.2, 0) is 20.7 Å². The topological polar surface area (TPSA) is 70.1 Å². The molecule has 1 aromatic carbocycles. The third-order valence-corrected chi connectivity index (χ3v) is 4.17. The van der Waals surface area contributed by atoms with E-state index in [-0.39, 0.29) is 18.7 Å². The maximum Gasteiger partial charge on any atom is 0.251 e. The van der Waals surface area contributed by atoms with E-state index in [2.05, 4.69) is 0 Å². The van der Waals surface area contributed by atoms with Gasteiger partial charge in [0.2, 0.25) is 5.91 Å². The monoisotopic (exact) mass is 356 g/mol. The van der Waals surface area contributed by atoms with Crippen molar-refractivity contribution in [3.63, 3.8) is 0 Å². The average Bonchev–Trinajstić information content (AvgIpc) is 2.57. The van der Waals surface area contributed by atoms with Crippen LogP contribution in [0.5, 0.6) is 0 Å². The first kappa shape index (κ1) is 19.3. The second kappa shape index (κ2) is 8.35. The molecule has 1 aliphatic heterocycles. The minimum atomic E-state index is -1.14. The van der Waals surface area contributed by atoms with Gasteiger partial charge in [-0.2, -0.15) is 0 Å². The molecular formula is C17H22F2N2O4. The number of hydrogen-bond acceptors (Lipinski definition) is 4. The summed E-state index contributed by atoms with van der Waals surface area (Å²) < 4.78 is 32.7. The van der Waals surface area contributed by atoms with Crippen molar-refractivity contribution in [3.8, 4) is 0 Å². The Hall–Kier alpha value is -2.06. The number of rotatable bonds is 5. The first-order chi connectivity index (χ1) is 11.8. The maximum absolute atomic E-state index is 13.7. The highest BCUT2D eigenvalue weighted by molar-refractivity contribution is 5.81. The van der Waals surface area contributed by atoms with E-state index in [9.17, 15) is 23.5 Å². The van der Waals surface area contributed by atoms with Crippen LogP contribution in [0.15, 0.2) is 18.2 Å². The van der Waals surface area contributed by atoms with Gasteiger partial charge in [-0.15, -0.1) is 0 Å². The number of likely N-dealkylation sites (N-methyl/N-ethyl adjacent to an activating group) is 1. The highest BCUT2D eigenvalue weighted by Crippen LogP contribution is 2.15. The molecule has 138 valence electrons. The van der Waals surface area contributed by atoms with Gasteiger partial charge in [0.1, 0.15) is 17.7 Å². The quantitative estimate of drug-likeness (QED) is 0.838. The summed E-state index contributed by atoms with van der Waals surface area (Å²) in [5, 5.41) is 9.49. The van der Waals surface area contributed by atoms with Gasteiger partial charge in [-0.3, -0.25) is 9.59 Å². The Morgan fingerprint density at radius 2 is 2.04 bits per heavy atom. The third-order valence-electron chi connectivity index (χ3n) is 4.17. The minimum absolute atomic E-state index is 0.146. The summed E-state index contributed by atoms with van der Waals surface area (Å²) in [5.74, 6) is -2.45. The molecule has 1 saturated heterocycles. The molecule has 0 bridgehead atoms. The molecule has 25 heavy (non-hydrogen) atoms. The van der Waals surface area contributed by atoms with Crippen LogP contribution in [0.4, 0.5) is 8.78 Å². The zero-order valence-corrected chi connectivity index (χ0v) is 14.2. The van der Waals surface area contributed by atoms with Crippen LogP contribution in [0.3, 0.4) is 0 Å². The van der Waals surface area contributed by atoms with Crippen LogP contribution in [0.25, 0.3) is 0 Å². The molecule has 1 aromatic rings.